The third kappa shape index (κ3) is 16.2. The van der Waals surface area contributed by atoms with Crippen molar-refractivity contribution in [2.75, 3.05) is 37.2 Å². The first kappa shape index (κ1) is 53.1. The van der Waals surface area contributed by atoms with Gasteiger partial charge in [-0.3, -0.25) is 19.7 Å². The minimum absolute atomic E-state index is 0.0359. The minimum atomic E-state index is -2.36. The number of likely N-dealkylation sites (tertiary alicyclic amines) is 2. The van der Waals surface area contributed by atoms with Gasteiger partial charge in [0, 0.05) is 48.8 Å². The Morgan fingerprint density at radius 2 is 1.15 bits per heavy atom. The Kier molecular flexibility index (Phi) is 17.9. The zero-order valence-electron chi connectivity index (χ0n) is 37.9. The second-order valence-electron chi connectivity index (χ2n) is 18.3. The highest BCUT2D eigenvalue weighted by molar-refractivity contribution is 7.18. The fourth-order valence-corrected chi connectivity index (χ4v) is 9.59. The van der Waals surface area contributed by atoms with Crippen LogP contribution >= 0.6 is 57.5 Å². The van der Waals surface area contributed by atoms with Crippen LogP contribution in [-0.2, 0) is 14.3 Å². The summed E-state index contributed by atoms with van der Waals surface area (Å²) >= 11 is 18.9. The van der Waals surface area contributed by atoms with E-state index in [-0.39, 0.29) is 52.3 Å². The number of thiophene rings is 2. The number of hydrogen-bond donors (Lipinski definition) is 3. The second kappa shape index (κ2) is 22.5. The zero-order valence-corrected chi connectivity index (χ0v) is 41.8. The first-order valence-electron chi connectivity index (χ1n) is 21.5. The molecule has 6 rings (SSSR count). The Balaban J connectivity index is 0.000000260. The number of alkyl halides is 3. The Hall–Kier alpha value is -4.81. The lowest BCUT2D eigenvalue weighted by molar-refractivity contribution is -0.119. The number of carbonyl (C=O) groups excluding carboxylic acids is 6. The number of nitrogen functional groups attached to an aromatic ring is 1. The highest BCUT2D eigenvalue weighted by Crippen LogP contribution is 2.38. The van der Waals surface area contributed by atoms with Gasteiger partial charge in [-0.25, -0.2) is 23.2 Å². The molecule has 2 saturated heterocycles. The van der Waals surface area contributed by atoms with Gasteiger partial charge in [0.15, 0.2) is 11.6 Å². The molecule has 13 nitrogen and oxygen atoms in total. The molecule has 0 spiro atoms. The van der Waals surface area contributed by atoms with Gasteiger partial charge in [-0.1, -0.05) is 59.1 Å². The van der Waals surface area contributed by atoms with Gasteiger partial charge in [-0.2, -0.15) is 0 Å². The number of hydrogen-bond acceptors (Lipinski definition) is 11. The summed E-state index contributed by atoms with van der Waals surface area (Å²) < 4.78 is 35.9. The number of ether oxygens (including phenoxy) is 2. The monoisotopic (exact) mass is 1020 g/mol. The Bertz CT molecular complexity index is 2460. The molecule has 2 aliphatic rings. The van der Waals surface area contributed by atoms with E-state index in [2.05, 4.69) is 5.32 Å². The van der Waals surface area contributed by atoms with Crippen LogP contribution in [0.4, 0.5) is 34.5 Å². The summed E-state index contributed by atoms with van der Waals surface area (Å²) in [5.41, 5.74) is 6.64. The summed E-state index contributed by atoms with van der Waals surface area (Å²) in [4.78, 5) is 80.7. The SMILES string of the molecule is CC(C)(C)OC(=O)N1CCC[C@H](CC(=O)c2sc(-c3cccc(F)c3)cc2N)C1.CC(C)(C)OC(=O)N1CCC[C@H](CC(=O)c2sc(-c3cccc(F)c3)cc2NC(=O)NC(=O)C(Cl)(Cl)Cl)C1. The fourth-order valence-electron chi connectivity index (χ4n) is 7.37. The first-order chi connectivity index (χ1) is 31.2. The van der Waals surface area contributed by atoms with Crippen molar-refractivity contribution >= 4 is 105 Å². The lowest BCUT2D eigenvalue weighted by Gasteiger charge is -2.33. The maximum atomic E-state index is 13.8. The van der Waals surface area contributed by atoms with Crippen LogP contribution in [-0.4, -0.2) is 86.7 Å². The van der Waals surface area contributed by atoms with Crippen molar-refractivity contribution in [2.45, 2.75) is 95.1 Å². The molecule has 2 aliphatic heterocycles. The molecule has 4 heterocycles. The van der Waals surface area contributed by atoms with E-state index in [1.165, 1.54) is 47.7 Å². The molecule has 0 unspecified atom stereocenters. The molecule has 362 valence electrons. The molecule has 2 fully saturated rings. The molecule has 67 heavy (non-hydrogen) atoms. The van der Waals surface area contributed by atoms with Crippen molar-refractivity contribution in [1.82, 2.24) is 15.1 Å². The molecular formula is C47H54Cl3F2N5O8S2. The van der Waals surface area contributed by atoms with Gasteiger partial charge in [0.25, 0.3) is 9.70 Å². The summed E-state index contributed by atoms with van der Waals surface area (Å²) in [5.74, 6) is -2.33. The number of ketones is 2. The van der Waals surface area contributed by atoms with Gasteiger partial charge in [0.1, 0.15) is 22.8 Å². The number of nitrogens with one attached hydrogen (secondary N) is 2. The van der Waals surface area contributed by atoms with Crippen molar-refractivity contribution < 1.29 is 47.0 Å². The van der Waals surface area contributed by atoms with Crippen LogP contribution < -0.4 is 16.4 Å². The molecule has 0 radical (unpaired) electrons. The van der Waals surface area contributed by atoms with Crippen LogP contribution in [0.3, 0.4) is 0 Å². The maximum absolute atomic E-state index is 13.8. The predicted molar refractivity (Wildman–Crippen MR) is 260 cm³/mol. The predicted octanol–water partition coefficient (Wildman–Crippen LogP) is 12.1. The molecule has 0 bridgehead atoms. The largest absolute Gasteiger partial charge is 0.444 e. The maximum Gasteiger partial charge on any atom is 0.410 e. The summed E-state index contributed by atoms with van der Waals surface area (Å²) in [7, 11) is 0. The topological polar surface area (TPSA) is 177 Å². The lowest BCUT2D eigenvalue weighted by Crippen LogP contribution is -2.43. The Morgan fingerprint density at radius 3 is 1.60 bits per heavy atom. The highest BCUT2D eigenvalue weighted by atomic mass is 35.6. The molecule has 2 aromatic carbocycles. The normalized spacial score (nSPS) is 16.6. The van der Waals surface area contributed by atoms with Crippen molar-refractivity contribution in [2.24, 2.45) is 11.8 Å². The van der Waals surface area contributed by atoms with E-state index >= 15 is 0 Å². The van der Waals surface area contributed by atoms with Crippen LogP contribution in [0.25, 0.3) is 20.9 Å². The minimum Gasteiger partial charge on any atom is -0.444 e. The number of nitrogens with two attached hydrogens (primary N) is 1. The molecule has 5 amide bonds. The lowest BCUT2D eigenvalue weighted by atomic mass is 9.92. The summed E-state index contributed by atoms with van der Waals surface area (Å²) in [6, 6.07) is 14.3. The van der Waals surface area contributed by atoms with Gasteiger partial charge in [0.2, 0.25) is 0 Å². The summed E-state index contributed by atoms with van der Waals surface area (Å²) in [6.07, 6.45) is 2.82. The van der Waals surface area contributed by atoms with E-state index in [0.29, 0.717) is 65.6 Å². The van der Waals surface area contributed by atoms with Crippen molar-refractivity contribution in [3.63, 3.8) is 0 Å². The number of halogens is 5. The number of carbonyl (C=O) groups is 6. The molecular weight excluding hydrogens is 971 g/mol. The molecule has 20 heteroatoms. The van der Waals surface area contributed by atoms with Crippen LogP contribution in [0.2, 0.25) is 0 Å². The zero-order chi connectivity index (χ0) is 49.4. The van der Waals surface area contributed by atoms with E-state index in [1.807, 2.05) is 26.1 Å². The third-order valence-electron chi connectivity index (χ3n) is 10.2. The second-order valence-corrected chi connectivity index (χ2v) is 22.7. The number of Topliss-reactive ketones (excluding diaryl/α,β-unsaturated/α-hetero) is 2. The summed E-state index contributed by atoms with van der Waals surface area (Å²) in [6.45, 7) is 12.9. The van der Waals surface area contributed by atoms with Crippen molar-refractivity contribution in [3.8, 4) is 20.9 Å². The van der Waals surface area contributed by atoms with Gasteiger partial charge in [-0.05, 0) is 127 Å². The smallest absolute Gasteiger partial charge is 0.410 e. The standard InChI is InChI=1S/C25H27Cl3FN3O5S.C22H27FN2O3S/c1-24(2,3)37-23(36)32-9-5-6-14(13-32)10-18(33)20-17(30-22(35)31-21(34)25(26,27)28)12-19(38-20)15-7-4-8-16(29)11-15;1-22(2,3)28-21(27)25-9-5-6-14(13-25)10-18(26)20-17(24)12-19(29-20)15-7-4-8-16(23)11-15/h4,7-8,11-12,14H,5-6,9-10,13H2,1-3H3,(H2,30,31,34,35);4,7-8,11-12,14H,5-6,9-10,13,24H2,1-3H3/t2*14-/m11/s1. The van der Waals surface area contributed by atoms with E-state index in [0.717, 1.165) is 35.5 Å². The molecule has 2 aromatic heterocycles. The van der Waals surface area contributed by atoms with E-state index in [4.69, 9.17) is 50.0 Å². The third-order valence-corrected chi connectivity index (χ3v) is 13.2. The van der Waals surface area contributed by atoms with Crippen molar-refractivity contribution in [3.05, 3.63) is 82.1 Å². The first-order valence-corrected chi connectivity index (χ1v) is 24.3. The number of urea groups is 1. The average molecular weight is 1030 g/mol. The number of piperidine rings is 2. The molecule has 0 saturated carbocycles. The van der Waals surface area contributed by atoms with Crippen LogP contribution in [0, 0.1) is 23.5 Å². The van der Waals surface area contributed by atoms with Crippen LogP contribution in [0.5, 0.6) is 0 Å². The molecule has 2 atom stereocenters. The van der Waals surface area contributed by atoms with Gasteiger partial charge in [-0.15, -0.1) is 22.7 Å². The highest BCUT2D eigenvalue weighted by Gasteiger charge is 2.34. The summed E-state index contributed by atoms with van der Waals surface area (Å²) in [5, 5.41) is 4.36. The fraction of sp³-hybridized carbons (Fsp3) is 0.447. The number of benzene rings is 2. The van der Waals surface area contributed by atoms with Gasteiger partial charge in [0.05, 0.1) is 21.1 Å². The number of rotatable bonds is 9. The van der Waals surface area contributed by atoms with Gasteiger partial charge < -0.3 is 30.3 Å². The van der Waals surface area contributed by atoms with Gasteiger partial charge >= 0.3 is 18.2 Å². The molecule has 0 aliphatic carbocycles. The van der Waals surface area contributed by atoms with E-state index < -0.39 is 38.8 Å². The molecule has 4 N–H and O–H groups in total. The van der Waals surface area contributed by atoms with Crippen LogP contribution in [0.15, 0.2) is 60.7 Å². The molecule has 4 aromatic rings. The Labute approximate surface area is 411 Å². The number of anilines is 2. The van der Waals surface area contributed by atoms with Crippen LogP contribution in [0.1, 0.15) is 99.4 Å². The van der Waals surface area contributed by atoms with Crippen molar-refractivity contribution in [1.29, 1.82) is 0 Å². The number of amides is 5. The average Bonchev–Trinajstić information content (AvgIpc) is 3.83. The van der Waals surface area contributed by atoms with E-state index in [9.17, 15) is 37.5 Å². The number of imide groups is 1. The van der Waals surface area contributed by atoms with E-state index in [1.54, 1.807) is 54.8 Å². The number of nitrogens with zero attached hydrogens (tertiary/aromatic N) is 2. The quantitative estimate of drug-likeness (QED) is 0.109. The Morgan fingerprint density at radius 1 is 0.701 bits per heavy atom.